The van der Waals surface area contributed by atoms with Crippen LogP contribution >= 0.6 is 24.0 Å². The Bertz CT molecular complexity index is 335. The summed E-state index contributed by atoms with van der Waals surface area (Å²) >= 11 is 0. The number of guanidine groups is 1. The third kappa shape index (κ3) is 5.85. The topological polar surface area (TPSA) is 67.1 Å². The Hall–Kier alpha value is -0.860. The molecule has 1 rings (SSSR count). The molecule has 0 amide bonds. The molecule has 98 valence electrons. The van der Waals surface area contributed by atoms with Crippen LogP contribution in [0.1, 0.15) is 26.1 Å². The minimum absolute atomic E-state index is 0. The van der Waals surface area contributed by atoms with Gasteiger partial charge in [-0.1, -0.05) is 6.92 Å². The third-order valence-electron chi connectivity index (χ3n) is 2.07. The zero-order valence-electron chi connectivity index (χ0n) is 10.6. The Balaban J connectivity index is 0.00000256. The van der Waals surface area contributed by atoms with Crippen LogP contribution in [0.5, 0.6) is 0 Å². The molecule has 0 unspecified atom stereocenters. The number of hydrogen-bond acceptors (Lipinski definition) is 3. The summed E-state index contributed by atoms with van der Waals surface area (Å²) in [6.07, 6.45) is 2.62. The maximum absolute atomic E-state index is 4.43. The van der Waals surface area contributed by atoms with E-state index in [9.17, 15) is 0 Å². The monoisotopic (exact) mass is 352 g/mol. The predicted molar refractivity (Wildman–Crippen MR) is 79.5 cm³/mol. The first-order chi connectivity index (χ1) is 7.77. The number of nitrogens with zero attached hydrogens (tertiary/aromatic N) is 4. The average Bonchev–Trinajstić information content (AvgIpc) is 2.68. The van der Waals surface area contributed by atoms with Crippen LogP contribution in [0.4, 0.5) is 0 Å². The average molecular weight is 352 g/mol. The van der Waals surface area contributed by atoms with Crippen LogP contribution in [0.15, 0.2) is 11.3 Å². The molecule has 0 bridgehead atoms. The van der Waals surface area contributed by atoms with Crippen molar-refractivity contribution in [2.45, 2.75) is 26.8 Å². The van der Waals surface area contributed by atoms with E-state index >= 15 is 0 Å². The van der Waals surface area contributed by atoms with Crippen LogP contribution in [0.2, 0.25) is 0 Å². The summed E-state index contributed by atoms with van der Waals surface area (Å²) in [5.41, 5.74) is 0. The normalized spacial score (nSPS) is 10.9. The van der Waals surface area contributed by atoms with Gasteiger partial charge in [0.15, 0.2) is 5.96 Å². The number of aliphatic imine (C=N–C) groups is 1. The van der Waals surface area contributed by atoms with Gasteiger partial charge in [-0.3, -0.25) is 4.68 Å². The number of rotatable bonds is 5. The Labute approximate surface area is 119 Å². The van der Waals surface area contributed by atoms with Crippen molar-refractivity contribution in [2.24, 2.45) is 12.0 Å². The summed E-state index contributed by atoms with van der Waals surface area (Å²) in [6, 6.07) is 0. The Morgan fingerprint density at radius 3 is 2.71 bits per heavy atom. The molecule has 0 saturated heterocycles. The molecule has 0 aliphatic rings. The van der Waals surface area contributed by atoms with Crippen molar-refractivity contribution in [3.8, 4) is 0 Å². The minimum atomic E-state index is 0. The van der Waals surface area contributed by atoms with Gasteiger partial charge in [0, 0.05) is 20.1 Å². The van der Waals surface area contributed by atoms with Crippen molar-refractivity contribution in [2.75, 3.05) is 13.1 Å². The van der Waals surface area contributed by atoms with E-state index < -0.39 is 0 Å². The molecule has 2 N–H and O–H groups in total. The first kappa shape index (κ1) is 16.1. The summed E-state index contributed by atoms with van der Waals surface area (Å²) in [6.45, 7) is 6.49. The third-order valence-corrected chi connectivity index (χ3v) is 2.07. The summed E-state index contributed by atoms with van der Waals surface area (Å²) in [5.74, 6) is 1.68. The van der Waals surface area contributed by atoms with Gasteiger partial charge in [-0.25, -0.2) is 9.98 Å². The minimum Gasteiger partial charge on any atom is -0.357 e. The molecule has 6 nitrogen and oxygen atoms in total. The smallest absolute Gasteiger partial charge is 0.191 e. The fraction of sp³-hybridized carbons (Fsp3) is 0.700. The van der Waals surface area contributed by atoms with Gasteiger partial charge < -0.3 is 10.6 Å². The molecule has 0 aromatic carbocycles. The first-order valence-electron chi connectivity index (χ1n) is 5.63. The summed E-state index contributed by atoms with van der Waals surface area (Å²) in [5, 5.41) is 10.4. The van der Waals surface area contributed by atoms with Gasteiger partial charge in [0.25, 0.3) is 0 Å². The van der Waals surface area contributed by atoms with E-state index in [-0.39, 0.29) is 24.0 Å². The van der Waals surface area contributed by atoms with Gasteiger partial charge >= 0.3 is 0 Å². The SMILES string of the molecule is CCCNC(=NCc1ncnn1C)NCC.I. The van der Waals surface area contributed by atoms with E-state index in [1.807, 2.05) is 14.0 Å². The second kappa shape index (κ2) is 9.20. The lowest BCUT2D eigenvalue weighted by Gasteiger charge is -2.09. The standard InChI is InChI=1S/C10H20N6.HI/c1-4-6-12-10(11-5-2)13-7-9-14-8-15-16(9)3;/h8H,4-7H2,1-3H3,(H2,11,12,13);1H. The Morgan fingerprint density at radius 1 is 1.41 bits per heavy atom. The predicted octanol–water partition coefficient (Wildman–Crippen LogP) is 0.898. The van der Waals surface area contributed by atoms with Crippen molar-refractivity contribution < 1.29 is 0 Å². The van der Waals surface area contributed by atoms with E-state index in [2.05, 4.69) is 32.6 Å². The van der Waals surface area contributed by atoms with Gasteiger partial charge in [-0.05, 0) is 13.3 Å². The molecule has 0 saturated carbocycles. The second-order valence-corrected chi connectivity index (χ2v) is 3.42. The van der Waals surface area contributed by atoms with Gasteiger partial charge in [-0.2, -0.15) is 5.10 Å². The van der Waals surface area contributed by atoms with Crippen LogP contribution < -0.4 is 10.6 Å². The zero-order chi connectivity index (χ0) is 11.8. The second-order valence-electron chi connectivity index (χ2n) is 3.42. The van der Waals surface area contributed by atoms with E-state index in [4.69, 9.17) is 0 Å². The fourth-order valence-corrected chi connectivity index (χ4v) is 1.20. The number of aromatic nitrogens is 3. The van der Waals surface area contributed by atoms with Gasteiger partial charge in [-0.15, -0.1) is 24.0 Å². The molecule has 7 heteroatoms. The summed E-state index contributed by atoms with van der Waals surface area (Å²) < 4.78 is 1.73. The van der Waals surface area contributed by atoms with Crippen molar-refractivity contribution in [3.63, 3.8) is 0 Å². The quantitative estimate of drug-likeness (QED) is 0.470. The molecule has 0 aliphatic heterocycles. The molecular weight excluding hydrogens is 331 g/mol. The van der Waals surface area contributed by atoms with E-state index in [0.29, 0.717) is 6.54 Å². The Morgan fingerprint density at radius 2 is 2.18 bits per heavy atom. The van der Waals surface area contributed by atoms with Crippen molar-refractivity contribution in [1.29, 1.82) is 0 Å². The number of aryl methyl sites for hydroxylation is 1. The highest BCUT2D eigenvalue weighted by Crippen LogP contribution is 1.93. The molecular formula is C10H21IN6. The van der Waals surface area contributed by atoms with Crippen LogP contribution in [0.25, 0.3) is 0 Å². The van der Waals surface area contributed by atoms with Gasteiger partial charge in [0.05, 0.1) is 0 Å². The largest absolute Gasteiger partial charge is 0.357 e. The number of nitrogens with one attached hydrogen (secondary N) is 2. The van der Waals surface area contributed by atoms with Gasteiger partial charge in [0.1, 0.15) is 18.7 Å². The molecule has 0 atom stereocenters. The highest BCUT2D eigenvalue weighted by molar-refractivity contribution is 14.0. The van der Waals surface area contributed by atoms with Crippen molar-refractivity contribution in [1.82, 2.24) is 25.4 Å². The first-order valence-corrected chi connectivity index (χ1v) is 5.63. The Kier molecular flexibility index (Phi) is 8.73. The van der Waals surface area contributed by atoms with E-state index in [1.54, 1.807) is 4.68 Å². The summed E-state index contributed by atoms with van der Waals surface area (Å²) in [4.78, 5) is 8.54. The van der Waals surface area contributed by atoms with E-state index in [0.717, 1.165) is 31.3 Å². The molecule has 0 aliphatic carbocycles. The lowest BCUT2D eigenvalue weighted by molar-refractivity contribution is 0.696. The highest BCUT2D eigenvalue weighted by Gasteiger charge is 2.00. The molecule has 0 fully saturated rings. The molecule has 1 aromatic heterocycles. The van der Waals surface area contributed by atoms with Crippen LogP contribution in [-0.2, 0) is 13.6 Å². The number of halogens is 1. The van der Waals surface area contributed by atoms with Crippen LogP contribution in [0, 0.1) is 0 Å². The summed E-state index contributed by atoms with van der Waals surface area (Å²) in [7, 11) is 1.87. The lowest BCUT2D eigenvalue weighted by Crippen LogP contribution is -2.37. The van der Waals surface area contributed by atoms with Crippen molar-refractivity contribution >= 4 is 29.9 Å². The maximum atomic E-state index is 4.43. The fourth-order valence-electron chi connectivity index (χ4n) is 1.20. The molecule has 1 aromatic rings. The van der Waals surface area contributed by atoms with Gasteiger partial charge in [0.2, 0.25) is 0 Å². The van der Waals surface area contributed by atoms with Crippen molar-refractivity contribution in [3.05, 3.63) is 12.2 Å². The molecule has 17 heavy (non-hydrogen) atoms. The van der Waals surface area contributed by atoms with Crippen LogP contribution in [-0.4, -0.2) is 33.8 Å². The van der Waals surface area contributed by atoms with Crippen LogP contribution in [0.3, 0.4) is 0 Å². The molecule has 1 heterocycles. The molecule has 0 radical (unpaired) electrons. The molecule has 0 spiro atoms. The lowest BCUT2D eigenvalue weighted by atomic mass is 10.5. The highest BCUT2D eigenvalue weighted by atomic mass is 127. The van der Waals surface area contributed by atoms with E-state index in [1.165, 1.54) is 6.33 Å². The maximum Gasteiger partial charge on any atom is 0.191 e. The zero-order valence-corrected chi connectivity index (χ0v) is 12.9. The number of hydrogen-bond donors (Lipinski definition) is 2.